The van der Waals surface area contributed by atoms with E-state index in [0.717, 1.165) is 36.3 Å². The van der Waals surface area contributed by atoms with Gasteiger partial charge in [0.15, 0.2) is 0 Å². The van der Waals surface area contributed by atoms with Crippen molar-refractivity contribution in [3.8, 4) is 0 Å². The maximum atomic E-state index is 12.2. The molecule has 1 aliphatic heterocycles. The molecule has 0 radical (unpaired) electrons. The summed E-state index contributed by atoms with van der Waals surface area (Å²) >= 11 is 0. The second kappa shape index (κ2) is 9.52. The number of amides is 2. The molecule has 2 aromatic rings. The van der Waals surface area contributed by atoms with E-state index in [9.17, 15) is 9.59 Å². The second-order valence-corrected chi connectivity index (χ2v) is 6.43. The summed E-state index contributed by atoms with van der Waals surface area (Å²) in [4.78, 5) is 25.9. The lowest BCUT2D eigenvalue weighted by Gasteiger charge is -2.26. The molecule has 0 atom stereocenters. The lowest BCUT2D eigenvalue weighted by molar-refractivity contribution is -0.119. The molecule has 1 fully saturated rings. The maximum Gasteiger partial charge on any atom is 0.243 e. The van der Waals surface area contributed by atoms with E-state index in [-0.39, 0.29) is 18.4 Å². The van der Waals surface area contributed by atoms with Crippen LogP contribution in [-0.4, -0.2) is 36.3 Å². The van der Waals surface area contributed by atoms with Crippen LogP contribution in [0.15, 0.2) is 53.6 Å². The third kappa shape index (κ3) is 5.31. The van der Waals surface area contributed by atoms with Gasteiger partial charge in [0.2, 0.25) is 11.8 Å². The van der Waals surface area contributed by atoms with Crippen LogP contribution in [0.5, 0.6) is 0 Å². The molecule has 0 aromatic heterocycles. The first-order chi connectivity index (χ1) is 13.7. The summed E-state index contributed by atoms with van der Waals surface area (Å²) in [6.45, 7) is 0.845. The first kappa shape index (κ1) is 19.4. The maximum absolute atomic E-state index is 12.2. The van der Waals surface area contributed by atoms with Crippen LogP contribution in [0.25, 0.3) is 0 Å². The average molecular weight is 381 g/mol. The molecule has 8 nitrogen and oxygen atoms in total. The molecule has 1 saturated heterocycles. The predicted molar refractivity (Wildman–Crippen MR) is 109 cm³/mol. The largest absolute Gasteiger partial charge is 0.376 e. The van der Waals surface area contributed by atoms with Crippen molar-refractivity contribution >= 4 is 35.1 Å². The van der Waals surface area contributed by atoms with Crippen molar-refractivity contribution in [1.82, 2.24) is 5.59 Å². The van der Waals surface area contributed by atoms with Gasteiger partial charge in [-0.15, -0.1) is 0 Å². The Labute approximate surface area is 163 Å². The van der Waals surface area contributed by atoms with Crippen molar-refractivity contribution in [2.45, 2.75) is 19.3 Å². The van der Waals surface area contributed by atoms with E-state index in [0.29, 0.717) is 12.1 Å². The van der Waals surface area contributed by atoms with E-state index in [1.54, 1.807) is 28.7 Å². The molecule has 2 amide bonds. The fraction of sp³-hybridized carbons (Fsp3) is 0.250. The Balaban J connectivity index is 1.52. The minimum atomic E-state index is -0.183. The highest BCUT2D eigenvalue weighted by Gasteiger charge is 2.19. The van der Waals surface area contributed by atoms with Crippen LogP contribution >= 0.6 is 0 Å². The van der Waals surface area contributed by atoms with Gasteiger partial charge >= 0.3 is 0 Å². The Morgan fingerprint density at radius 3 is 2.71 bits per heavy atom. The highest BCUT2D eigenvalue weighted by Crippen LogP contribution is 2.22. The zero-order valence-electron chi connectivity index (χ0n) is 15.4. The van der Waals surface area contributed by atoms with Crippen LogP contribution in [0.2, 0.25) is 0 Å². The highest BCUT2D eigenvalue weighted by atomic mass is 16.5. The lowest BCUT2D eigenvalue weighted by Crippen LogP contribution is -2.35. The Hall–Kier alpha value is -3.39. The van der Waals surface area contributed by atoms with E-state index < -0.39 is 0 Å². The van der Waals surface area contributed by atoms with Gasteiger partial charge in [0, 0.05) is 30.0 Å². The third-order valence-corrected chi connectivity index (χ3v) is 4.40. The summed E-state index contributed by atoms with van der Waals surface area (Å²) in [6.07, 6.45) is 4.01. The Kier molecular flexibility index (Phi) is 6.59. The van der Waals surface area contributed by atoms with Crippen molar-refractivity contribution in [3.63, 3.8) is 0 Å². The molecule has 0 bridgehead atoms. The molecule has 0 unspecified atom stereocenters. The molecule has 4 N–H and O–H groups in total. The number of benzene rings is 2. The van der Waals surface area contributed by atoms with Gasteiger partial charge in [-0.3, -0.25) is 14.8 Å². The number of hydrogen-bond acceptors (Lipinski definition) is 6. The standard InChI is InChI=1S/C20H23N5O3/c26-19(14-21-17-5-3-4-15(12-17)13-22-24-28)23-16-7-9-18(10-8-16)25-11-2-1-6-20(25)27/h3-5,7-10,12-13,21,24,28H,1-2,6,11,14H2,(H,23,26)/b22-13-. The van der Waals surface area contributed by atoms with Crippen molar-refractivity contribution < 1.29 is 14.8 Å². The van der Waals surface area contributed by atoms with E-state index in [1.807, 2.05) is 30.3 Å². The molecule has 0 saturated carbocycles. The van der Waals surface area contributed by atoms with Crippen molar-refractivity contribution in [2.24, 2.45) is 5.10 Å². The number of piperidine rings is 1. The number of rotatable bonds is 7. The van der Waals surface area contributed by atoms with Crippen LogP contribution in [0.4, 0.5) is 17.1 Å². The fourth-order valence-corrected chi connectivity index (χ4v) is 3.02. The molecule has 146 valence electrons. The van der Waals surface area contributed by atoms with Gasteiger partial charge in [0.05, 0.1) is 12.8 Å². The molecule has 0 spiro atoms. The monoisotopic (exact) mass is 381 g/mol. The summed E-state index contributed by atoms with van der Waals surface area (Å²) in [6, 6.07) is 14.6. The van der Waals surface area contributed by atoms with Crippen LogP contribution in [0, 0.1) is 0 Å². The number of hydrazone groups is 1. The van der Waals surface area contributed by atoms with Crippen molar-refractivity contribution in [2.75, 3.05) is 28.6 Å². The smallest absolute Gasteiger partial charge is 0.243 e. The molecule has 2 aromatic carbocycles. The van der Waals surface area contributed by atoms with E-state index in [2.05, 4.69) is 15.7 Å². The summed E-state index contributed by atoms with van der Waals surface area (Å²) in [7, 11) is 0. The lowest BCUT2D eigenvalue weighted by atomic mass is 10.1. The molecule has 28 heavy (non-hydrogen) atoms. The normalized spacial score (nSPS) is 14.2. The molecule has 1 aliphatic rings. The fourth-order valence-electron chi connectivity index (χ4n) is 3.02. The molecule has 1 heterocycles. The molecular formula is C20H23N5O3. The number of hydrogen-bond donors (Lipinski definition) is 4. The molecular weight excluding hydrogens is 358 g/mol. The summed E-state index contributed by atoms with van der Waals surface area (Å²) < 4.78 is 0. The number of anilines is 3. The number of carbonyl (C=O) groups excluding carboxylic acids is 2. The molecule has 0 aliphatic carbocycles. The summed E-state index contributed by atoms with van der Waals surface area (Å²) in [5, 5.41) is 17.9. The summed E-state index contributed by atoms with van der Waals surface area (Å²) in [5.74, 6) is -0.0350. The Morgan fingerprint density at radius 2 is 1.96 bits per heavy atom. The van der Waals surface area contributed by atoms with Crippen molar-refractivity contribution in [3.05, 3.63) is 54.1 Å². The van der Waals surface area contributed by atoms with Gasteiger partial charge in [-0.25, -0.2) is 0 Å². The zero-order chi connectivity index (χ0) is 19.8. The van der Waals surface area contributed by atoms with Gasteiger partial charge < -0.3 is 15.5 Å². The topological polar surface area (TPSA) is 106 Å². The quantitative estimate of drug-likeness (QED) is 0.436. The minimum Gasteiger partial charge on any atom is -0.376 e. The van der Waals surface area contributed by atoms with Crippen LogP contribution < -0.4 is 21.1 Å². The molecule has 3 rings (SSSR count). The molecule has 8 heteroatoms. The second-order valence-electron chi connectivity index (χ2n) is 6.43. The van der Waals surface area contributed by atoms with Gasteiger partial charge in [-0.2, -0.15) is 10.7 Å². The van der Waals surface area contributed by atoms with Gasteiger partial charge in [-0.1, -0.05) is 12.1 Å². The summed E-state index contributed by atoms with van der Waals surface area (Å²) in [5.41, 5.74) is 4.77. The van der Waals surface area contributed by atoms with Crippen LogP contribution in [-0.2, 0) is 9.59 Å². The van der Waals surface area contributed by atoms with E-state index >= 15 is 0 Å². The SMILES string of the molecule is O=C(CNc1cccc(/C=N\NO)c1)Nc1ccc(N2CCCCC2=O)cc1. The van der Waals surface area contributed by atoms with Gasteiger partial charge in [0.25, 0.3) is 0 Å². The Morgan fingerprint density at radius 1 is 1.14 bits per heavy atom. The number of nitrogens with zero attached hydrogens (tertiary/aromatic N) is 2. The number of nitrogens with one attached hydrogen (secondary N) is 3. The third-order valence-electron chi connectivity index (χ3n) is 4.40. The van der Waals surface area contributed by atoms with E-state index in [1.165, 1.54) is 6.21 Å². The Bertz CT molecular complexity index is 851. The minimum absolute atomic E-state index is 0.102. The zero-order valence-corrected chi connectivity index (χ0v) is 15.4. The van der Waals surface area contributed by atoms with Gasteiger partial charge in [0.1, 0.15) is 0 Å². The first-order valence-corrected chi connectivity index (χ1v) is 9.12. The number of carbonyl (C=O) groups is 2. The van der Waals surface area contributed by atoms with E-state index in [4.69, 9.17) is 5.21 Å². The van der Waals surface area contributed by atoms with Crippen LogP contribution in [0.1, 0.15) is 24.8 Å². The predicted octanol–water partition coefficient (Wildman–Crippen LogP) is 2.57. The van der Waals surface area contributed by atoms with Crippen LogP contribution in [0.3, 0.4) is 0 Å². The average Bonchev–Trinajstić information content (AvgIpc) is 2.72. The van der Waals surface area contributed by atoms with Gasteiger partial charge in [-0.05, 0) is 54.8 Å². The highest BCUT2D eigenvalue weighted by molar-refractivity contribution is 5.96. The van der Waals surface area contributed by atoms with Crippen molar-refractivity contribution in [1.29, 1.82) is 0 Å². The first-order valence-electron chi connectivity index (χ1n) is 9.12.